The number of hydrogen-bond acceptors (Lipinski definition) is 3. The molecule has 2 unspecified atom stereocenters. The maximum absolute atomic E-state index is 11.8. The Balaban J connectivity index is 2.57. The van der Waals surface area contributed by atoms with Gasteiger partial charge in [0.2, 0.25) is 10.0 Å². The Bertz CT molecular complexity index is 267. The third-order valence-electron chi connectivity index (χ3n) is 2.96. The molecule has 2 atom stereocenters. The van der Waals surface area contributed by atoms with Crippen LogP contribution in [0, 0.1) is 11.8 Å². The average molecular weight is 220 g/mol. The predicted molar refractivity (Wildman–Crippen MR) is 57.6 cm³/mol. The molecule has 5 heteroatoms. The van der Waals surface area contributed by atoms with Gasteiger partial charge in [-0.2, -0.15) is 0 Å². The Morgan fingerprint density at radius 2 is 1.79 bits per heavy atom. The minimum atomic E-state index is -3.02. The van der Waals surface area contributed by atoms with Crippen molar-refractivity contribution in [2.45, 2.75) is 13.8 Å². The maximum Gasteiger partial charge on any atom is 0.215 e. The van der Waals surface area contributed by atoms with Crippen LogP contribution >= 0.6 is 0 Å². The van der Waals surface area contributed by atoms with E-state index in [1.807, 2.05) is 0 Å². The molecule has 1 aliphatic rings. The number of hydrogen-bond donors (Lipinski definition) is 1. The first kappa shape index (κ1) is 11.9. The fourth-order valence-corrected chi connectivity index (χ4v) is 3.31. The van der Waals surface area contributed by atoms with Gasteiger partial charge in [-0.05, 0) is 18.9 Å². The lowest BCUT2D eigenvalue weighted by Gasteiger charge is -2.15. The number of rotatable bonds is 4. The van der Waals surface area contributed by atoms with Crippen molar-refractivity contribution in [2.75, 3.05) is 32.4 Å². The Morgan fingerprint density at radius 3 is 2.21 bits per heavy atom. The van der Waals surface area contributed by atoms with Crippen LogP contribution in [0.15, 0.2) is 0 Å². The normalized spacial score (nSPS) is 29.6. The molecular weight excluding hydrogens is 200 g/mol. The lowest BCUT2D eigenvalue weighted by Crippen LogP contribution is -2.34. The Labute approximate surface area is 86.7 Å². The third kappa shape index (κ3) is 2.68. The zero-order chi connectivity index (χ0) is 10.8. The highest BCUT2D eigenvalue weighted by atomic mass is 32.2. The summed E-state index contributed by atoms with van der Waals surface area (Å²) in [4.78, 5) is 0. The smallest absolute Gasteiger partial charge is 0.215 e. The quantitative estimate of drug-likeness (QED) is 0.732. The lowest BCUT2D eigenvalue weighted by atomic mass is 10.0. The van der Waals surface area contributed by atoms with Crippen LogP contribution in [0.1, 0.15) is 13.8 Å². The molecule has 1 fully saturated rings. The summed E-state index contributed by atoms with van der Waals surface area (Å²) in [6.45, 7) is 6.12. The highest BCUT2D eigenvalue weighted by Gasteiger charge is 2.33. The molecule has 0 aromatic rings. The largest absolute Gasteiger partial charge is 0.319 e. The maximum atomic E-state index is 11.8. The minimum Gasteiger partial charge on any atom is -0.319 e. The molecule has 0 bridgehead atoms. The van der Waals surface area contributed by atoms with E-state index in [2.05, 4.69) is 19.2 Å². The number of sulfonamides is 1. The summed E-state index contributed by atoms with van der Waals surface area (Å²) in [7, 11) is -1.25. The molecule has 1 rings (SSSR count). The van der Waals surface area contributed by atoms with Crippen molar-refractivity contribution >= 4 is 10.0 Å². The van der Waals surface area contributed by atoms with Crippen molar-refractivity contribution < 1.29 is 8.42 Å². The summed E-state index contributed by atoms with van der Waals surface area (Å²) < 4.78 is 25.2. The molecule has 0 radical (unpaired) electrons. The fraction of sp³-hybridized carbons (Fsp3) is 1.00. The van der Waals surface area contributed by atoms with E-state index < -0.39 is 10.0 Å². The first-order chi connectivity index (χ1) is 6.47. The van der Waals surface area contributed by atoms with E-state index in [-0.39, 0.29) is 5.75 Å². The van der Waals surface area contributed by atoms with Crippen LogP contribution in [-0.2, 0) is 10.0 Å². The number of nitrogens with zero attached hydrogens (tertiary/aromatic N) is 1. The Morgan fingerprint density at radius 1 is 1.29 bits per heavy atom. The van der Waals surface area contributed by atoms with Crippen molar-refractivity contribution in [2.24, 2.45) is 11.8 Å². The first-order valence-corrected chi connectivity index (χ1v) is 6.70. The van der Waals surface area contributed by atoms with Crippen LogP contribution in [-0.4, -0.2) is 45.2 Å². The number of nitrogens with one attached hydrogen (secondary N) is 1. The molecule has 0 aliphatic carbocycles. The van der Waals surface area contributed by atoms with Gasteiger partial charge in [0.25, 0.3) is 0 Å². The van der Waals surface area contributed by atoms with Gasteiger partial charge in [-0.1, -0.05) is 13.8 Å². The van der Waals surface area contributed by atoms with Gasteiger partial charge in [0.05, 0.1) is 5.75 Å². The van der Waals surface area contributed by atoms with E-state index in [0.717, 1.165) is 0 Å². The second kappa shape index (κ2) is 4.59. The first-order valence-electron chi connectivity index (χ1n) is 5.10. The van der Waals surface area contributed by atoms with E-state index in [0.29, 0.717) is 31.5 Å². The molecule has 14 heavy (non-hydrogen) atoms. The zero-order valence-electron chi connectivity index (χ0n) is 9.16. The molecule has 4 nitrogen and oxygen atoms in total. The monoisotopic (exact) mass is 220 g/mol. The second-order valence-electron chi connectivity index (χ2n) is 4.19. The third-order valence-corrected chi connectivity index (χ3v) is 4.76. The molecule has 0 amide bonds. The highest BCUT2D eigenvalue weighted by molar-refractivity contribution is 7.89. The van der Waals surface area contributed by atoms with Crippen LogP contribution in [0.5, 0.6) is 0 Å². The van der Waals surface area contributed by atoms with Crippen LogP contribution in [0.2, 0.25) is 0 Å². The predicted octanol–water partition coefficient (Wildman–Crippen LogP) is 0.123. The van der Waals surface area contributed by atoms with E-state index in [1.54, 1.807) is 11.4 Å². The van der Waals surface area contributed by atoms with E-state index in [1.165, 1.54) is 0 Å². The molecule has 84 valence electrons. The summed E-state index contributed by atoms with van der Waals surface area (Å²) in [5, 5.41) is 2.86. The molecule has 0 spiro atoms. The van der Waals surface area contributed by atoms with E-state index >= 15 is 0 Å². The molecule has 1 N–H and O–H groups in total. The van der Waals surface area contributed by atoms with Gasteiger partial charge >= 0.3 is 0 Å². The molecule has 0 aromatic carbocycles. The van der Waals surface area contributed by atoms with Crippen molar-refractivity contribution in [3.8, 4) is 0 Å². The molecule has 1 saturated heterocycles. The molecule has 0 saturated carbocycles. The Hall–Kier alpha value is -0.130. The molecule has 0 aromatic heterocycles. The summed E-state index contributed by atoms with van der Waals surface area (Å²) in [6.07, 6.45) is 0. The van der Waals surface area contributed by atoms with Gasteiger partial charge in [0, 0.05) is 19.6 Å². The summed E-state index contributed by atoms with van der Waals surface area (Å²) >= 11 is 0. The molecule has 1 heterocycles. The summed E-state index contributed by atoms with van der Waals surface area (Å²) in [6, 6.07) is 0. The van der Waals surface area contributed by atoms with Crippen LogP contribution in [0.25, 0.3) is 0 Å². The lowest BCUT2D eigenvalue weighted by molar-refractivity contribution is 0.462. The van der Waals surface area contributed by atoms with Gasteiger partial charge in [-0.25, -0.2) is 12.7 Å². The van der Waals surface area contributed by atoms with Gasteiger partial charge in [0.15, 0.2) is 0 Å². The average Bonchev–Trinajstić information content (AvgIpc) is 2.45. The van der Waals surface area contributed by atoms with E-state index in [9.17, 15) is 8.42 Å². The van der Waals surface area contributed by atoms with Gasteiger partial charge in [-0.15, -0.1) is 0 Å². The molecule has 1 aliphatic heterocycles. The van der Waals surface area contributed by atoms with Crippen molar-refractivity contribution in [1.29, 1.82) is 0 Å². The van der Waals surface area contributed by atoms with Crippen LogP contribution in [0.4, 0.5) is 0 Å². The second-order valence-corrected chi connectivity index (χ2v) is 6.28. The molecular formula is C9H20N2O2S. The summed E-state index contributed by atoms with van der Waals surface area (Å²) in [5.41, 5.74) is 0. The van der Waals surface area contributed by atoms with Crippen LogP contribution in [0.3, 0.4) is 0 Å². The van der Waals surface area contributed by atoms with Gasteiger partial charge < -0.3 is 5.32 Å². The standard InChI is InChI=1S/C9H20N2O2S/c1-8-6-11(7-9(8)2)14(12,13)5-4-10-3/h8-10H,4-7H2,1-3H3. The van der Waals surface area contributed by atoms with Crippen molar-refractivity contribution in [1.82, 2.24) is 9.62 Å². The fourth-order valence-electron chi connectivity index (χ4n) is 1.66. The zero-order valence-corrected chi connectivity index (χ0v) is 9.97. The van der Waals surface area contributed by atoms with E-state index in [4.69, 9.17) is 0 Å². The Kier molecular flexibility index (Phi) is 3.92. The van der Waals surface area contributed by atoms with Crippen molar-refractivity contribution in [3.63, 3.8) is 0 Å². The highest BCUT2D eigenvalue weighted by Crippen LogP contribution is 2.24. The van der Waals surface area contributed by atoms with Gasteiger partial charge in [0.1, 0.15) is 0 Å². The van der Waals surface area contributed by atoms with Crippen LogP contribution < -0.4 is 5.32 Å². The minimum absolute atomic E-state index is 0.211. The topological polar surface area (TPSA) is 49.4 Å². The SMILES string of the molecule is CNCCS(=O)(=O)N1CC(C)C(C)C1. The van der Waals surface area contributed by atoms with Gasteiger partial charge in [-0.3, -0.25) is 0 Å². The summed E-state index contributed by atoms with van der Waals surface area (Å²) in [5.74, 6) is 1.18. The van der Waals surface area contributed by atoms with Crippen molar-refractivity contribution in [3.05, 3.63) is 0 Å².